The minimum Gasteiger partial charge on any atom is -0.496 e. The van der Waals surface area contributed by atoms with Gasteiger partial charge in [-0.2, -0.15) is 11.8 Å². The molecule has 3 rings (SSSR count). The molecule has 0 aliphatic carbocycles. The highest BCUT2D eigenvalue weighted by molar-refractivity contribution is 7.99. The molecule has 27 heavy (non-hydrogen) atoms. The van der Waals surface area contributed by atoms with Crippen molar-refractivity contribution in [3.63, 3.8) is 0 Å². The first-order valence-electron chi connectivity index (χ1n) is 9.02. The molecule has 1 amide bonds. The molecule has 1 N–H and O–H groups in total. The van der Waals surface area contributed by atoms with Crippen LogP contribution in [0, 0.1) is 0 Å². The lowest BCUT2D eigenvalue weighted by Gasteiger charge is -2.21. The summed E-state index contributed by atoms with van der Waals surface area (Å²) in [6, 6.07) is 10.6. The standard InChI is InChI=1S/C20H24N2O4S/c1-25-18-13-19(23)22(15-5-3-2-4-6-15)14-17(18)20(24)21-9-12-27-16-7-10-26-11-8-16/h2-6,13-14,16H,7-12H2,1H3,(H,21,24). The third-order valence-electron chi connectivity index (χ3n) is 4.42. The molecule has 2 heterocycles. The van der Waals surface area contributed by atoms with Crippen molar-refractivity contribution < 1.29 is 14.3 Å². The fraction of sp³-hybridized carbons (Fsp3) is 0.400. The van der Waals surface area contributed by atoms with Gasteiger partial charge in [0.15, 0.2) is 0 Å². The number of para-hydroxylation sites is 1. The summed E-state index contributed by atoms with van der Waals surface area (Å²) in [5.74, 6) is 0.878. The van der Waals surface area contributed by atoms with E-state index in [0.717, 1.165) is 31.8 Å². The van der Waals surface area contributed by atoms with Crippen LogP contribution < -0.4 is 15.6 Å². The molecule has 0 atom stereocenters. The number of aromatic nitrogens is 1. The Hall–Kier alpha value is -2.25. The van der Waals surface area contributed by atoms with E-state index in [0.29, 0.717) is 23.0 Å². The highest BCUT2D eigenvalue weighted by Gasteiger charge is 2.17. The molecule has 7 heteroatoms. The van der Waals surface area contributed by atoms with E-state index in [4.69, 9.17) is 9.47 Å². The number of methoxy groups -OCH3 is 1. The first-order valence-corrected chi connectivity index (χ1v) is 10.1. The van der Waals surface area contributed by atoms with Crippen LogP contribution in [0.1, 0.15) is 23.2 Å². The van der Waals surface area contributed by atoms with Crippen molar-refractivity contribution in [3.05, 3.63) is 58.5 Å². The Kier molecular flexibility index (Phi) is 6.95. The van der Waals surface area contributed by atoms with Gasteiger partial charge in [-0.05, 0) is 25.0 Å². The number of pyridine rings is 1. The second-order valence-corrected chi connectivity index (χ2v) is 7.65. The monoisotopic (exact) mass is 388 g/mol. The van der Waals surface area contributed by atoms with Crippen molar-refractivity contribution in [2.24, 2.45) is 0 Å². The van der Waals surface area contributed by atoms with Crippen molar-refractivity contribution in [3.8, 4) is 11.4 Å². The molecule has 6 nitrogen and oxygen atoms in total. The number of rotatable bonds is 7. The maximum Gasteiger partial charge on any atom is 0.258 e. The van der Waals surface area contributed by atoms with Crippen molar-refractivity contribution in [1.29, 1.82) is 0 Å². The lowest BCUT2D eigenvalue weighted by Crippen LogP contribution is -2.29. The van der Waals surface area contributed by atoms with Gasteiger partial charge in [0.2, 0.25) is 0 Å². The molecule has 0 saturated carbocycles. The Morgan fingerprint density at radius 2 is 2.04 bits per heavy atom. The van der Waals surface area contributed by atoms with Crippen molar-refractivity contribution >= 4 is 17.7 Å². The molecule has 0 radical (unpaired) electrons. The molecule has 1 saturated heterocycles. The Morgan fingerprint density at radius 3 is 2.74 bits per heavy atom. The summed E-state index contributed by atoms with van der Waals surface area (Å²) in [7, 11) is 1.46. The maximum absolute atomic E-state index is 12.6. The van der Waals surface area contributed by atoms with Crippen LogP contribution in [0.4, 0.5) is 0 Å². The van der Waals surface area contributed by atoms with Crippen LogP contribution in [0.5, 0.6) is 5.75 Å². The van der Waals surface area contributed by atoms with E-state index in [9.17, 15) is 9.59 Å². The quantitative estimate of drug-likeness (QED) is 0.738. The van der Waals surface area contributed by atoms with E-state index in [1.165, 1.54) is 23.9 Å². The number of nitrogens with one attached hydrogen (secondary N) is 1. The van der Waals surface area contributed by atoms with Crippen LogP contribution in [0.3, 0.4) is 0 Å². The molecule has 1 aliphatic heterocycles. The second-order valence-electron chi connectivity index (χ2n) is 6.24. The van der Waals surface area contributed by atoms with Gasteiger partial charge >= 0.3 is 0 Å². The van der Waals surface area contributed by atoms with Crippen molar-refractivity contribution in [2.45, 2.75) is 18.1 Å². The average molecular weight is 388 g/mol. The van der Waals surface area contributed by atoms with Gasteiger partial charge in [0.1, 0.15) is 5.75 Å². The Balaban J connectivity index is 1.66. The summed E-state index contributed by atoms with van der Waals surface area (Å²) in [4.78, 5) is 25.0. The van der Waals surface area contributed by atoms with Crippen LogP contribution in [0.2, 0.25) is 0 Å². The highest BCUT2D eigenvalue weighted by Crippen LogP contribution is 2.21. The van der Waals surface area contributed by atoms with Gasteiger partial charge in [0.05, 0.1) is 12.7 Å². The van der Waals surface area contributed by atoms with E-state index in [2.05, 4.69) is 5.32 Å². The Bertz CT molecular complexity index is 816. The van der Waals surface area contributed by atoms with Crippen LogP contribution in [-0.2, 0) is 4.74 Å². The van der Waals surface area contributed by atoms with Crippen LogP contribution >= 0.6 is 11.8 Å². The fourth-order valence-corrected chi connectivity index (χ4v) is 4.05. The Morgan fingerprint density at radius 1 is 1.30 bits per heavy atom. The predicted molar refractivity (Wildman–Crippen MR) is 107 cm³/mol. The zero-order valence-corrected chi connectivity index (χ0v) is 16.2. The summed E-state index contributed by atoms with van der Waals surface area (Å²) >= 11 is 1.87. The van der Waals surface area contributed by atoms with Crippen molar-refractivity contribution in [1.82, 2.24) is 9.88 Å². The number of hydrogen-bond acceptors (Lipinski definition) is 5. The SMILES string of the molecule is COc1cc(=O)n(-c2ccccc2)cc1C(=O)NCCSC1CCOCC1. The third-order valence-corrected chi connectivity index (χ3v) is 5.81. The predicted octanol–water partition coefficient (Wildman–Crippen LogP) is 2.49. The van der Waals surface area contributed by atoms with E-state index in [1.807, 2.05) is 42.1 Å². The molecular formula is C20H24N2O4S. The molecule has 1 aliphatic rings. The molecule has 144 valence electrons. The maximum atomic E-state index is 12.6. The van der Waals surface area contributed by atoms with Gasteiger partial charge in [-0.1, -0.05) is 18.2 Å². The van der Waals surface area contributed by atoms with Gasteiger partial charge in [0.25, 0.3) is 11.5 Å². The molecule has 0 unspecified atom stereocenters. The summed E-state index contributed by atoms with van der Waals surface area (Å²) < 4.78 is 12.1. The van der Waals surface area contributed by atoms with E-state index < -0.39 is 0 Å². The first-order chi connectivity index (χ1) is 13.2. The third kappa shape index (κ3) is 5.14. The molecule has 0 spiro atoms. The summed E-state index contributed by atoms with van der Waals surface area (Å²) in [6.07, 6.45) is 3.67. The number of amides is 1. The highest BCUT2D eigenvalue weighted by atomic mass is 32.2. The summed E-state index contributed by atoms with van der Waals surface area (Å²) in [6.45, 7) is 2.21. The Labute approximate surface area is 162 Å². The molecule has 0 bridgehead atoms. The van der Waals surface area contributed by atoms with Gasteiger partial charge in [-0.3, -0.25) is 14.2 Å². The van der Waals surface area contributed by atoms with Crippen LogP contribution in [0.25, 0.3) is 5.69 Å². The summed E-state index contributed by atoms with van der Waals surface area (Å²) in [5.41, 5.74) is 0.802. The van der Waals surface area contributed by atoms with Gasteiger partial charge in [-0.25, -0.2) is 0 Å². The minimum atomic E-state index is -0.246. The smallest absolute Gasteiger partial charge is 0.258 e. The molecule has 1 aromatic heterocycles. The number of benzene rings is 1. The minimum absolute atomic E-state index is 0.246. The molecule has 2 aromatic rings. The summed E-state index contributed by atoms with van der Waals surface area (Å²) in [5, 5.41) is 3.53. The lowest BCUT2D eigenvalue weighted by molar-refractivity contribution is 0.0951. The lowest BCUT2D eigenvalue weighted by atomic mass is 10.2. The first kappa shape index (κ1) is 19.5. The van der Waals surface area contributed by atoms with E-state index in [1.54, 1.807) is 0 Å². The fourth-order valence-electron chi connectivity index (χ4n) is 2.97. The van der Waals surface area contributed by atoms with E-state index >= 15 is 0 Å². The topological polar surface area (TPSA) is 69.6 Å². The number of carbonyl (C=O) groups excluding carboxylic acids is 1. The zero-order valence-electron chi connectivity index (χ0n) is 15.3. The molecular weight excluding hydrogens is 364 g/mol. The van der Waals surface area contributed by atoms with E-state index in [-0.39, 0.29) is 17.2 Å². The second kappa shape index (κ2) is 9.62. The van der Waals surface area contributed by atoms with Crippen LogP contribution in [0.15, 0.2) is 47.4 Å². The van der Waals surface area contributed by atoms with Crippen molar-refractivity contribution in [2.75, 3.05) is 32.6 Å². The van der Waals surface area contributed by atoms with Gasteiger partial charge in [-0.15, -0.1) is 0 Å². The molecule has 1 fully saturated rings. The van der Waals surface area contributed by atoms with Crippen LogP contribution in [-0.4, -0.2) is 48.3 Å². The number of hydrogen-bond donors (Lipinski definition) is 1. The average Bonchev–Trinajstić information content (AvgIpc) is 2.72. The zero-order chi connectivity index (χ0) is 19.1. The number of ether oxygens (including phenoxy) is 2. The molecule has 1 aromatic carbocycles. The largest absolute Gasteiger partial charge is 0.496 e. The normalized spacial score (nSPS) is 14.7. The van der Waals surface area contributed by atoms with Gasteiger partial charge < -0.3 is 14.8 Å². The number of carbonyl (C=O) groups is 1. The number of nitrogens with zero attached hydrogens (tertiary/aromatic N) is 1. The number of thioether (sulfide) groups is 1. The van der Waals surface area contributed by atoms with Gasteiger partial charge in [0, 0.05) is 48.7 Å².